The standard InChI is InChI=1S/C17H20O5/c1-16(2,21-12-13-7-4-3-5-8-13)9-6-10-17(15(19)20)11-14(18)22-17/h3-9H,10-12H2,1-2H3,(H,19,20)/t17-/m1/s1. The maximum Gasteiger partial charge on any atom is 0.349 e. The quantitative estimate of drug-likeness (QED) is 0.619. The third kappa shape index (κ3) is 3.95. The number of carbonyl (C=O) groups is 2. The Balaban J connectivity index is 1.88. The fourth-order valence-corrected chi connectivity index (χ4v) is 2.19. The number of hydrogen-bond acceptors (Lipinski definition) is 4. The van der Waals surface area contributed by atoms with Gasteiger partial charge in [-0.2, -0.15) is 0 Å². The SMILES string of the molecule is CC(C)(C=CC[C@]1(C(=O)O)CC(=O)O1)OCc1ccccc1. The molecular weight excluding hydrogens is 284 g/mol. The van der Waals surface area contributed by atoms with Gasteiger partial charge in [0.15, 0.2) is 0 Å². The number of carboxylic acids is 1. The van der Waals surface area contributed by atoms with Gasteiger partial charge in [0.05, 0.1) is 18.6 Å². The molecule has 0 unspecified atom stereocenters. The lowest BCUT2D eigenvalue weighted by Gasteiger charge is -2.35. The van der Waals surface area contributed by atoms with Crippen LogP contribution in [0.3, 0.4) is 0 Å². The van der Waals surface area contributed by atoms with Crippen molar-refractivity contribution >= 4 is 11.9 Å². The Morgan fingerprint density at radius 2 is 2.05 bits per heavy atom. The molecule has 1 N–H and O–H groups in total. The molecule has 0 spiro atoms. The zero-order valence-electron chi connectivity index (χ0n) is 12.7. The van der Waals surface area contributed by atoms with Gasteiger partial charge in [-0.3, -0.25) is 4.79 Å². The van der Waals surface area contributed by atoms with E-state index in [4.69, 9.17) is 14.6 Å². The Hall–Kier alpha value is -2.14. The molecule has 0 aromatic heterocycles. The molecule has 0 amide bonds. The maximum atomic E-state index is 11.2. The van der Waals surface area contributed by atoms with E-state index in [0.29, 0.717) is 6.61 Å². The van der Waals surface area contributed by atoms with Crippen LogP contribution in [0, 0.1) is 0 Å². The third-order valence-corrected chi connectivity index (χ3v) is 3.55. The highest BCUT2D eigenvalue weighted by molar-refractivity contribution is 5.92. The predicted octanol–water partition coefficient (Wildman–Crippen LogP) is 2.70. The van der Waals surface area contributed by atoms with E-state index in [2.05, 4.69) is 0 Å². The molecule has 0 saturated carbocycles. The van der Waals surface area contributed by atoms with Crippen LogP contribution >= 0.6 is 0 Å². The van der Waals surface area contributed by atoms with Crippen LogP contribution in [0.5, 0.6) is 0 Å². The average Bonchev–Trinajstić information content (AvgIpc) is 2.44. The number of aliphatic carboxylic acids is 1. The Bertz CT molecular complexity index is 566. The Morgan fingerprint density at radius 3 is 2.59 bits per heavy atom. The zero-order valence-corrected chi connectivity index (χ0v) is 12.7. The number of cyclic esters (lactones) is 1. The normalized spacial score (nSPS) is 21.5. The molecule has 0 aliphatic carbocycles. The number of carboxylic acid groups (broad SMARTS) is 1. The van der Waals surface area contributed by atoms with Crippen molar-refractivity contribution in [3.05, 3.63) is 48.0 Å². The molecule has 2 rings (SSSR count). The molecule has 1 fully saturated rings. The number of rotatable bonds is 7. The average molecular weight is 304 g/mol. The van der Waals surface area contributed by atoms with Crippen LogP contribution in [0.15, 0.2) is 42.5 Å². The second kappa shape index (κ2) is 6.32. The number of carbonyl (C=O) groups excluding carboxylic acids is 1. The Labute approximate surface area is 129 Å². The van der Waals surface area contributed by atoms with Crippen LogP contribution in [0.2, 0.25) is 0 Å². The van der Waals surface area contributed by atoms with E-state index in [9.17, 15) is 9.59 Å². The summed E-state index contributed by atoms with van der Waals surface area (Å²) in [5.74, 6) is -1.59. The molecule has 0 bridgehead atoms. The molecule has 0 radical (unpaired) electrons. The molecule has 1 aromatic carbocycles. The molecule has 1 atom stereocenters. The number of esters is 1. The van der Waals surface area contributed by atoms with Gasteiger partial charge in [0, 0.05) is 6.42 Å². The lowest BCUT2D eigenvalue weighted by atomic mass is 9.89. The lowest BCUT2D eigenvalue weighted by molar-refractivity contribution is -0.203. The van der Waals surface area contributed by atoms with Crippen molar-refractivity contribution in [2.45, 2.75) is 44.5 Å². The molecule has 1 aromatic rings. The van der Waals surface area contributed by atoms with Crippen LogP contribution in [0.25, 0.3) is 0 Å². The van der Waals surface area contributed by atoms with Crippen LogP contribution < -0.4 is 0 Å². The summed E-state index contributed by atoms with van der Waals surface area (Å²) < 4.78 is 10.6. The topological polar surface area (TPSA) is 72.8 Å². The van der Waals surface area contributed by atoms with Gasteiger partial charge in [0.2, 0.25) is 5.60 Å². The van der Waals surface area contributed by atoms with E-state index in [1.54, 1.807) is 12.2 Å². The zero-order chi connectivity index (χ0) is 16.2. The van der Waals surface area contributed by atoms with Gasteiger partial charge in [0.25, 0.3) is 0 Å². The van der Waals surface area contributed by atoms with Gasteiger partial charge in [-0.05, 0) is 19.4 Å². The van der Waals surface area contributed by atoms with Gasteiger partial charge in [0.1, 0.15) is 0 Å². The fraction of sp³-hybridized carbons (Fsp3) is 0.412. The molecular formula is C17H20O5. The minimum atomic E-state index is -1.40. The molecule has 1 aliphatic rings. The van der Waals surface area contributed by atoms with E-state index in [-0.39, 0.29) is 12.8 Å². The Kier molecular flexibility index (Phi) is 4.66. The van der Waals surface area contributed by atoms with Crippen molar-refractivity contribution in [3.8, 4) is 0 Å². The lowest BCUT2D eigenvalue weighted by Crippen LogP contribution is -2.53. The van der Waals surface area contributed by atoms with Gasteiger partial charge >= 0.3 is 11.9 Å². The second-order valence-corrected chi connectivity index (χ2v) is 5.93. The highest BCUT2D eigenvalue weighted by Gasteiger charge is 2.52. The molecule has 1 aliphatic heterocycles. The number of ether oxygens (including phenoxy) is 2. The summed E-state index contributed by atoms with van der Waals surface area (Å²) >= 11 is 0. The molecule has 1 saturated heterocycles. The fourth-order valence-electron chi connectivity index (χ4n) is 2.19. The van der Waals surface area contributed by atoms with Crippen LogP contribution in [-0.4, -0.2) is 28.2 Å². The summed E-state index contributed by atoms with van der Waals surface area (Å²) in [4.78, 5) is 22.1. The van der Waals surface area contributed by atoms with E-state index in [1.807, 2.05) is 44.2 Å². The highest BCUT2D eigenvalue weighted by atomic mass is 16.6. The summed E-state index contributed by atoms with van der Waals surface area (Å²) in [6.45, 7) is 4.26. The van der Waals surface area contributed by atoms with Gasteiger partial charge in [-0.15, -0.1) is 0 Å². The smallest absolute Gasteiger partial charge is 0.349 e. The minimum Gasteiger partial charge on any atom is -0.478 e. The third-order valence-electron chi connectivity index (χ3n) is 3.55. The largest absolute Gasteiger partial charge is 0.478 e. The Morgan fingerprint density at radius 1 is 1.41 bits per heavy atom. The van der Waals surface area contributed by atoms with E-state index in [1.165, 1.54) is 0 Å². The van der Waals surface area contributed by atoms with Crippen molar-refractivity contribution in [3.63, 3.8) is 0 Å². The first-order chi connectivity index (χ1) is 10.3. The van der Waals surface area contributed by atoms with Crippen LogP contribution in [0.4, 0.5) is 0 Å². The minimum absolute atomic E-state index is 0.0853. The molecule has 1 heterocycles. The second-order valence-electron chi connectivity index (χ2n) is 5.93. The van der Waals surface area contributed by atoms with Crippen molar-refractivity contribution in [2.75, 3.05) is 0 Å². The summed E-state index contributed by atoms with van der Waals surface area (Å²) in [5.41, 5.74) is -0.870. The molecule has 5 nitrogen and oxygen atoms in total. The number of hydrogen-bond donors (Lipinski definition) is 1. The summed E-state index contributed by atoms with van der Waals surface area (Å²) in [5, 5.41) is 9.14. The summed E-state index contributed by atoms with van der Waals surface area (Å²) in [6, 6.07) is 9.80. The monoisotopic (exact) mass is 304 g/mol. The molecule has 5 heteroatoms. The van der Waals surface area contributed by atoms with Crippen molar-refractivity contribution < 1.29 is 24.2 Å². The highest BCUT2D eigenvalue weighted by Crippen LogP contribution is 2.32. The van der Waals surface area contributed by atoms with Crippen molar-refractivity contribution in [1.82, 2.24) is 0 Å². The van der Waals surface area contributed by atoms with Crippen molar-refractivity contribution in [2.24, 2.45) is 0 Å². The summed E-state index contributed by atoms with van der Waals surface area (Å²) in [6.07, 6.45) is 3.56. The van der Waals surface area contributed by atoms with Gasteiger partial charge < -0.3 is 14.6 Å². The summed E-state index contributed by atoms with van der Waals surface area (Å²) in [7, 11) is 0. The first kappa shape index (κ1) is 16.2. The van der Waals surface area contributed by atoms with Gasteiger partial charge in [-0.1, -0.05) is 42.5 Å². The number of benzene rings is 1. The van der Waals surface area contributed by atoms with Gasteiger partial charge in [-0.25, -0.2) is 4.79 Å². The van der Waals surface area contributed by atoms with Crippen LogP contribution in [0.1, 0.15) is 32.3 Å². The maximum absolute atomic E-state index is 11.2. The molecule has 118 valence electrons. The van der Waals surface area contributed by atoms with E-state index >= 15 is 0 Å². The first-order valence-electron chi connectivity index (χ1n) is 7.14. The van der Waals surface area contributed by atoms with E-state index < -0.39 is 23.1 Å². The predicted molar refractivity (Wildman–Crippen MR) is 80.1 cm³/mol. The van der Waals surface area contributed by atoms with E-state index in [0.717, 1.165) is 5.56 Å². The van der Waals surface area contributed by atoms with Crippen molar-refractivity contribution in [1.29, 1.82) is 0 Å². The van der Waals surface area contributed by atoms with Crippen LogP contribution in [-0.2, 0) is 25.7 Å². The first-order valence-corrected chi connectivity index (χ1v) is 7.14. The molecule has 22 heavy (non-hydrogen) atoms.